The van der Waals surface area contributed by atoms with Crippen molar-refractivity contribution in [3.05, 3.63) is 29.8 Å². The summed E-state index contributed by atoms with van der Waals surface area (Å²) < 4.78 is 29.9. The van der Waals surface area contributed by atoms with E-state index in [0.717, 1.165) is 5.56 Å². The molecule has 0 aliphatic carbocycles. The Kier molecular flexibility index (Phi) is 4.28. The van der Waals surface area contributed by atoms with Crippen molar-refractivity contribution in [3.8, 4) is 6.07 Å². The molecule has 0 aromatic heterocycles. The molecule has 1 N–H and O–H groups in total. The Balaban J connectivity index is 2.82. The van der Waals surface area contributed by atoms with Crippen molar-refractivity contribution in [2.75, 3.05) is 17.6 Å². The van der Waals surface area contributed by atoms with Crippen LogP contribution >= 0.6 is 0 Å². The van der Waals surface area contributed by atoms with Crippen LogP contribution in [0.5, 0.6) is 0 Å². The van der Waals surface area contributed by atoms with E-state index in [1.54, 1.807) is 31.4 Å². The molecular weight excluding hydrogens is 228 g/mol. The fourth-order valence-electron chi connectivity index (χ4n) is 1.19. The summed E-state index contributed by atoms with van der Waals surface area (Å²) >= 11 is 0. The molecule has 1 aromatic carbocycles. The van der Waals surface area contributed by atoms with Crippen LogP contribution in [0.25, 0.3) is 0 Å². The Labute approximate surface area is 94.7 Å². The van der Waals surface area contributed by atoms with Gasteiger partial charge in [-0.2, -0.15) is 5.26 Å². The van der Waals surface area contributed by atoms with E-state index in [4.69, 9.17) is 10.00 Å². The lowest BCUT2D eigenvalue weighted by atomic mass is 10.2. The zero-order valence-electron chi connectivity index (χ0n) is 8.80. The van der Waals surface area contributed by atoms with Crippen molar-refractivity contribution in [2.45, 2.75) is 6.61 Å². The first-order valence-corrected chi connectivity index (χ1v) is 6.18. The Morgan fingerprint density at radius 1 is 1.50 bits per heavy atom. The molecule has 1 rings (SSSR count). The van der Waals surface area contributed by atoms with Crippen molar-refractivity contribution >= 4 is 15.7 Å². The second-order valence-corrected chi connectivity index (χ2v) is 4.87. The molecule has 0 aliphatic heterocycles. The highest BCUT2D eigenvalue weighted by Crippen LogP contribution is 2.12. The van der Waals surface area contributed by atoms with Crippen molar-refractivity contribution in [1.82, 2.24) is 0 Å². The summed E-state index contributed by atoms with van der Waals surface area (Å²) in [7, 11) is -2.01. The minimum Gasteiger partial charge on any atom is -0.380 e. The molecule has 0 bridgehead atoms. The first-order chi connectivity index (χ1) is 7.57. The number of nitriles is 1. The Bertz CT molecular complexity index is 491. The van der Waals surface area contributed by atoms with Gasteiger partial charge in [0.1, 0.15) is 0 Å². The second kappa shape index (κ2) is 5.49. The molecule has 0 fully saturated rings. The van der Waals surface area contributed by atoms with Crippen LogP contribution in [0, 0.1) is 11.3 Å². The maximum absolute atomic E-state index is 11.3. The molecule has 16 heavy (non-hydrogen) atoms. The van der Waals surface area contributed by atoms with Gasteiger partial charge in [-0.05, 0) is 17.7 Å². The van der Waals surface area contributed by atoms with Gasteiger partial charge in [-0.3, -0.25) is 4.72 Å². The average Bonchev–Trinajstić information content (AvgIpc) is 2.17. The van der Waals surface area contributed by atoms with E-state index < -0.39 is 15.8 Å². The number of hydrogen-bond donors (Lipinski definition) is 1. The summed E-state index contributed by atoms with van der Waals surface area (Å²) in [5, 5.41) is 8.33. The topological polar surface area (TPSA) is 79.2 Å². The van der Waals surface area contributed by atoms with E-state index in [1.165, 1.54) is 0 Å². The Morgan fingerprint density at radius 2 is 2.25 bits per heavy atom. The van der Waals surface area contributed by atoms with E-state index in [2.05, 4.69) is 4.72 Å². The number of methoxy groups -OCH3 is 1. The van der Waals surface area contributed by atoms with Gasteiger partial charge in [0.05, 0.1) is 12.7 Å². The molecule has 1 aromatic rings. The third-order valence-corrected chi connectivity index (χ3v) is 2.82. The van der Waals surface area contributed by atoms with Crippen molar-refractivity contribution in [2.24, 2.45) is 0 Å². The predicted octanol–water partition coefficient (Wildman–Crippen LogP) is 1.10. The first kappa shape index (κ1) is 12.5. The summed E-state index contributed by atoms with van der Waals surface area (Å²) in [4.78, 5) is 0. The van der Waals surface area contributed by atoms with Gasteiger partial charge in [0, 0.05) is 12.8 Å². The van der Waals surface area contributed by atoms with E-state index in [1.807, 2.05) is 6.07 Å². The predicted molar refractivity (Wildman–Crippen MR) is 60.2 cm³/mol. The van der Waals surface area contributed by atoms with Crippen LogP contribution in [0.4, 0.5) is 5.69 Å². The van der Waals surface area contributed by atoms with Gasteiger partial charge in [-0.1, -0.05) is 12.1 Å². The summed E-state index contributed by atoms with van der Waals surface area (Å²) in [6, 6.07) is 8.42. The highest BCUT2D eigenvalue weighted by atomic mass is 32.2. The number of ether oxygens (including phenoxy) is 1. The third-order valence-electron chi connectivity index (χ3n) is 1.77. The molecule has 0 heterocycles. The van der Waals surface area contributed by atoms with Gasteiger partial charge in [0.2, 0.25) is 10.0 Å². The molecular formula is C10H12N2O3S. The fourth-order valence-corrected chi connectivity index (χ4v) is 1.92. The Morgan fingerprint density at radius 3 is 2.88 bits per heavy atom. The van der Waals surface area contributed by atoms with Crippen molar-refractivity contribution < 1.29 is 13.2 Å². The summed E-state index contributed by atoms with van der Waals surface area (Å²) in [6.07, 6.45) is 0. The molecule has 0 unspecified atom stereocenters. The number of nitrogens with one attached hydrogen (secondary N) is 1. The van der Waals surface area contributed by atoms with Crippen LogP contribution in [0.15, 0.2) is 24.3 Å². The molecule has 0 spiro atoms. The van der Waals surface area contributed by atoms with Crippen LogP contribution in [0.3, 0.4) is 0 Å². The zero-order valence-corrected chi connectivity index (χ0v) is 9.62. The van der Waals surface area contributed by atoms with Gasteiger partial charge in [0.25, 0.3) is 0 Å². The fraction of sp³-hybridized carbons (Fsp3) is 0.300. The normalized spacial score (nSPS) is 10.8. The van der Waals surface area contributed by atoms with Gasteiger partial charge >= 0.3 is 0 Å². The van der Waals surface area contributed by atoms with E-state index in [-0.39, 0.29) is 0 Å². The molecule has 0 amide bonds. The summed E-state index contributed by atoms with van der Waals surface area (Å²) in [5.41, 5.74) is 1.30. The van der Waals surface area contributed by atoms with Crippen LogP contribution in [0.2, 0.25) is 0 Å². The van der Waals surface area contributed by atoms with E-state index in [9.17, 15) is 8.42 Å². The SMILES string of the molecule is COCc1cccc(NS(=O)(=O)CC#N)c1. The molecule has 5 nitrogen and oxygen atoms in total. The number of sulfonamides is 1. The minimum absolute atomic E-state index is 0.411. The summed E-state index contributed by atoms with van der Waals surface area (Å²) in [6.45, 7) is 0.411. The number of anilines is 1. The quantitative estimate of drug-likeness (QED) is 0.835. The largest absolute Gasteiger partial charge is 0.380 e. The number of rotatable bonds is 5. The zero-order chi connectivity index (χ0) is 12.0. The highest BCUT2D eigenvalue weighted by molar-refractivity contribution is 7.92. The number of nitrogens with zero attached hydrogens (tertiary/aromatic N) is 1. The van der Waals surface area contributed by atoms with Crippen molar-refractivity contribution in [3.63, 3.8) is 0 Å². The lowest BCUT2D eigenvalue weighted by molar-refractivity contribution is 0.185. The standard InChI is InChI=1S/C10H12N2O3S/c1-15-8-9-3-2-4-10(7-9)12-16(13,14)6-5-11/h2-4,7,12H,6,8H2,1H3. The molecule has 86 valence electrons. The van der Waals surface area contributed by atoms with Crippen LogP contribution < -0.4 is 4.72 Å². The lowest BCUT2D eigenvalue weighted by Gasteiger charge is -2.06. The van der Waals surface area contributed by atoms with Crippen LogP contribution in [0.1, 0.15) is 5.56 Å². The monoisotopic (exact) mass is 240 g/mol. The summed E-state index contributed by atoms with van der Waals surface area (Å²) in [5.74, 6) is -0.554. The minimum atomic E-state index is -3.57. The molecule has 0 radical (unpaired) electrons. The van der Waals surface area contributed by atoms with Gasteiger partial charge in [-0.25, -0.2) is 8.42 Å². The van der Waals surface area contributed by atoms with E-state index in [0.29, 0.717) is 12.3 Å². The molecule has 0 saturated carbocycles. The molecule has 6 heteroatoms. The maximum atomic E-state index is 11.3. The highest BCUT2D eigenvalue weighted by Gasteiger charge is 2.09. The Hall–Kier alpha value is -1.58. The molecule has 0 aliphatic rings. The van der Waals surface area contributed by atoms with Crippen LogP contribution in [-0.4, -0.2) is 21.3 Å². The maximum Gasteiger partial charge on any atom is 0.246 e. The second-order valence-electron chi connectivity index (χ2n) is 3.15. The molecule has 0 atom stereocenters. The van der Waals surface area contributed by atoms with Gasteiger partial charge in [-0.15, -0.1) is 0 Å². The first-order valence-electron chi connectivity index (χ1n) is 4.53. The molecule has 0 saturated heterocycles. The van der Waals surface area contributed by atoms with Gasteiger partial charge < -0.3 is 4.74 Å². The van der Waals surface area contributed by atoms with E-state index >= 15 is 0 Å². The number of benzene rings is 1. The van der Waals surface area contributed by atoms with Crippen LogP contribution in [-0.2, 0) is 21.4 Å². The lowest BCUT2D eigenvalue weighted by Crippen LogP contribution is -2.15. The number of hydrogen-bond acceptors (Lipinski definition) is 4. The van der Waals surface area contributed by atoms with Crippen molar-refractivity contribution in [1.29, 1.82) is 5.26 Å². The third kappa shape index (κ3) is 3.88. The smallest absolute Gasteiger partial charge is 0.246 e. The average molecular weight is 240 g/mol. The van der Waals surface area contributed by atoms with Gasteiger partial charge in [0.15, 0.2) is 5.75 Å².